The van der Waals surface area contributed by atoms with Crippen LogP contribution in [0, 0.1) is 5.82 Å². The van der Waals surface area contributed by atoms with E-state index in [1.807, 2.05) is 30.3 Å². The van der Waals surface area contributed by atoms with Crippen molar-refractivity contribution >= 4 is 31.7 Å². The molecule has 1 N–H and O–H groups in total. The highest BCUT2D eigenvalue weighted by Gasteiger charge is 2.33. The SMILES string of the molecule is CS(=O)(=O)N1NC(c2ccc(Br)cc2)=C[C@H]1c1ccc(F)cc1. The van der Waals surface area contributed by atoms with Gasteiger partial charge in [0.1, 0.15) is 5.82 Å². The lowest BCUT2D eigenvalue weighted by Gasteiger charge is -2.22. The van der Waals surface area contributed by atoms with Gasteiger partial charge in [0.25, 0.3) is 0 Å². The van der Waals surface area contributed by atoms with Gasteiger partial charge in [0.15, 0.2) is 0 Å². The Morgan fingerprint density at radius 2 is 1.70 bits per heavy atom. The van der Waals surface area contributed by atoms with Crippen molar-refractivity contribution in [3.63, 3.8) is 0 Å². The molecule has 0 aliphatic carbocycles. The van der Waals surface area contributed by atoms with Gasteiger partial charge in [-0.25, -0.2) is 12.8 Å². The zero-order valence-electron chi connectivity index (χ0n) is 12.2. The first-order valence-electron chi connectivity index (χ1n) is 6.84. The van der Waals surface area contributed by atoms with Gasteiger partial charge in [-0.15, -0.1) is 4.41 Å². The molecule has 0 radical (unpaired) electrons. The van der Waals surface area contributed by atoms with Gasteiger partial charge < -0.3 is 5.43 Å². The summed E-state index contributed by atoms with van der Waals surface area (Å²) >= 11 is 3.37. The van der Waals surface area contributed by atoms with Gasteiger partial charge in [-0.1, -0.05) is 40.2 Å². The third-order valence-corrected chi connectivity index (χ3v) is 5.09. The average molecular weight is 397 g/mol. The molecule has 0 saturated heterocycles. The van der Waals surface area contributed by atoms with Crippen molar-refractivity contribution in [3.05, 3.63) is 76.0 Å². The normalized spacial score (nSPS) is 18.6. The van der Waals surface area contributed by atoms with E-state index in [1.165, 1.54) is 16.5 Å². The predicted molar refractivity (Wildman–Crippen MR) is 91.1 cm³/mol. The molecular weight excluding hydrogens is 383 g/mol. The van der Waals surface area contributed by atoms with Crippen LogP contribution in [0.2, 0.25) is 0 Å². The zero-order chi connectivity index (χ0) is 16.6. The van der Waals surface area contributed by atoms with E-state index in [0.717, 1.165) is 16.3 Å². The van der Waals surface area contributed by atoms with E-state index in [-0.39, 0.29) is 5.82 Å². The second-order valence-electron chi connectivity index (χ2n) is 5.25. The van der Waals surface area contributed by atoms with Crippen molar-refractivity contribution in [1.29, 1.82) is 0 Å². The molecule has 0 spiro atoms. The van der Waals surface area contributed by atoms with E-state index in [2.05, 4.69) is 21.4 Å². The first-order chi connectivity index (χ1) is 10.8. The van der Waals surface area contributed by atoms with Crippen LogP contribution in [-0.2, 0) is 10.0 Å². The van der Waals surface area contributed by atoms with Crippen LogP contribution < -0.4 is 5.43 Å². The second kappa shape index (κ2) is 6.07. The van der Waals surface area contributed by atoms with Crippen LogP contribution in [0.25, 0.3) is 5.70 Å². The third-order valence-electron chi connectivity index (χ3n) is 3.53. The summed E-state index contributed by atoms with van der Waals surface area (Å²) in [5.41, 5.74) is 5.18. The molecule has 1 heterocycles. The lowest BCUT2D eigenvalue weighted by molar-refractivity contribution is 0.351. The van der Waals surface area contributed by atoms with Gasteiger partial charge in [-0.2, -0.15) is 0 Å². The van der Waals surface area contributed by atoms with Crippen LogP contribution in [0.3, 0.4) is 0 Å². The fourth-order valence-electron chi connectivity index (χ4n) is 2.42. The molecule has 2 aromatic carbocycles. The van der Waals surface area contributed by atoms with Crippen molar-refractivity contribution in [2.24, 2.45) is 0 Å². The van der Waals surface area contributed by atoms with Crippen LogP contribution in [0.1, 0.15) is 17.2 Å². The highest BCUT2D eigenvalue weighted by molar-refractivity contribution is 9.10. The molecule has 0 bridgehead atoms. The maximum atomic E-state index is 13.1. The second-order valence-corrected chi connectivity index (χ2v) is 8.03. The molecule has 1 atom stereocenters. The Labute approximate surface area is 142 Å². The smallest absolute Gasteiger partial charge is 0.228 e. The molecule has 1 aliphatic heterocycles. The fourth-order valence-corrected chi connectivity index (χ4v) is 3.55. The first kappa shape index (κ1) is 16.2. The predicted octanol–water partition coefficient (Wildman–Crippen LogP) is 3.45. The van der Waals surface area contributed by atoms with Crippen molar-refractivity contribution in [2.75, 3.05) is 6.26 Å². The molecule has 0 saturated carbocycles. The standard InChI is InChI=1S/C16H14BrFN2O2S/c1-23(21,22)20-16(12-4-8-14(18)9-5-12)10-15(19-20)11-2-6-13(17)7-3-11/h2-10,16,19H,1H3/t16-/m0/s1. The molecule has 3 rings (SSSR count). The summed E-state index contributed by atoms with van der Waals surface area (Å²) < 4.78 is 39.4. The number of hydrazine groups is 1. The molecule has 120 valence electrons. The highest BCUT2D eigenvalue weighted by atomic mass is 79.9. The van der Waals surface area contributed by atoms with E-state index < -0.39 is 16.1 Å². The van der Waals surface area contributed by atoms with Crippen LogP contribution in [0.4, 0.5) is 4.39 Å². The monoisotopic (exact) mass is 396 g/mol. The fraction of sp³-hybridized carbons (Fsp3) is 0.125. The van der Waals surface area contributed by atoms with Gasteiger partial charge in [0.05, 0.1) is 18.0 Å². The summed E-state index contributed by atoms with van der Waals surface area (Å²) in [6.45, 7) is 0. The van der Waals surface area contributed by atoms with Crippen molar-refractivity contribution in [1.82, 2.24) is 9.84 Å². The van der Waals surface area contributed by atoms with E-state index in [1.54, 1.807) is 12.1 Å². The Morgan fingerprint density at radius 1 is 1.09 bits per heavy atom. The van der Waals surface area contributed by atoms with E-state index in [4.69, 9.17) is 0 Å². The number of benzene rings is 2. The number of nitrogens with one attached hydrogen (secondary N) is 1. The summed E-state index contributed by atoms with van der Waals surface area (Å²) in [6.07, 6.45) is 2.95. The number of nitrogens with zero attached hydrogens (tertiary/aromatic N) is 1. The summed E-state index contributed by atoms with van der Waals surface area (Å²) in [4.78, 5) is 0. The molecule has 0 aromatic heterocycles. The van der Waals surface area contributed by atoms with Gasteiger partial charge in [-0.05, 0) is 41.5 Å². The lowest BCUT2D eigenvalue weighted by atomic mass is 10.1. The Kier molecular flexibility index (Phi) is 4.27. The maximum absolute atomic E-state index is 13.1. The number of halogens is 2. The minimum absolute atomic E-state index is 0.359. The van der Waals surface area contributed by atoms with Crippen molar-refractivity contribution in [2.45, 2.75) is 6.04 Å². The quantitative estimate of drug-likeness (QED) is 0.863. The van der Waals surface area contributed by atoms with Gasteiger partial charge in [0.2, 0.25) is 10.0 Å². The summed E-state index contributed by atoms with van der Waals surface area (Å²) in [5.74, 6) is -0.359. The third kappa shape index (κ3) is 3.46. The van der Waals surface area contributed by atoms with Gasteiger partial charge >= 0.3 is 0 Å². The Hall–Kier alpha value is -1.70. The lowest BCUT2D eigenvalue weighted by Crippen LogP contribution is -2.38. The number of rotatable bonds is 3. The summed E-state index contributed by atoms with van der Waals surface area (Å²) in [6, 6.07) is 12.8. The minimum Gasteiger partial charge on any atom is -0.304 e. The van der Waals surface area contributed by atoms with Crippen LogP contribution in [0.5, 0.6) is 0 Å². The highest BCUT2D eigenvalue weighted by Crippen LogP contribution is 2.33. The van der Waals surface area contributed by atoms with Crippen LogP contribution in [-0.4, -0.2) is 19.1 Å². The van der Waals surface area contributed by atoms with Gasteiger partial charge in [-0.3, -0.25) is 0 Å². The molecule has 0 amide bonds. The minimum atomic E-state index is -3.49. The van der Waals surface area contributed by atoms with Crippen LogP contribution >= 0.6 is 15.9 Å². The van der Waals surface area contributed by atoms with E-state index in [9.17, 15) is 12.8 Å². The molecule has 1 aliphatic rings. The van der Waals surface area contributed by atoms with Crippen LogP contribution in [0.15, 0.2) is 59.1 Å². The molecule has 23 heavy (non-hydrogen) atoms. The number of hydrogen-bond donors (Lipinski definition) is 1. The van der Waals surface area contributed by atoms with E-state index in [0.29, 0.717) is 11.3 Å². The topological polar surface area (TPSA) is 49.4 Å². The van der Waals surface area contributed by atoms with Crippen molar-refractivity contribution < 1.29 is 12.8 Å². The molecule has 2 aromatic rings. The molecular formula is C16H14BrFN2O2S. The Bertz CT molecular complexity index is 849. The average Bonchev–Trinajstić information content (AvgIpc) is 2.94. The summed E-state index contributed by atoms with van der Waals surface area (Å²) in [5, 5.41) is 0. The molecule has 4 nitrogen and oxygen atoms in total. The Balaban J connectivity index is 2.02. The Morgan fingerprint density at radius 3 is 2.26 bits per heavy atom. The van der Waals surface area contributed by atoms with Gasteiger partial charge in [0, 0.05) is 4.47 Å². The van der Waals surface area contributed by atoms with Crippen molar-refractivity contribution in [3.8, 4) is 0 Å². The summed E-state index contributed by atoms with van der Waals surface area (Å²) in [7, 11) is -3.49. The zero-order valence-corrected chi connectivity index (χ0v) is 14.6. The molecule has 7 heteroatoms. The molecule has 0 unspecified atom stereocenters. The first-order valence-corrected chi connectivity index (χ1v) is 9.48. The number of sulfonamides is 1. The maximum Gasteiger partial charge on any atom is 0.228 e. The molecule has 0 fully saturated rings. The largest absolute Gasteiger partial charge is 0.304 e. The number of hydrogen-bond acceptors (Lipinski definition) is 3. The van der Waals surface area contributed by atoms with E-state index >= 15 is 0 Å².